The highest BCUT2D eigenvalue weighted by atomic mass is 32.2. The normalized spacial score (nSPS) is 11.4. The molecule has 8 heteroatoms. The molecule has 7 nitrogen and oxygen atoms in total. The van der Waals surface area contributed by atoms with E-state index in [-0.39, 0.29) is 23.0 Å². The van der Waals surface area contributed by atoms with Crippen LogP contribution in [0, 0.1) is 11.3 Å². The van der Waals surface area contributed by atoms with Crippen LogP contribution in [0.2, 0.25) is 0 Å². The van der Waals surface area contributed by atoms with Crippen LogP contribution < -0.4 is 14.2 Å². The molecule has 0 aliphatic heterocycles. The lowest BCUT2D eigenvalue weighted by Crippen LogP contribution is -2.09. The van der Waals surface area contributed by atoms with Gasteiger partial charge >= 0.3 is 5.97 Å². The summed E-state index contributed by atoms with van der Waals surface area (Å²) >= 11 is 0. The number of nitriles is 1. The van der Waals surface area contributed by atoms with E-state index in [1.54, 1.807) is 55.5 Å². The third-order valence-electron chi connectivity index (χ3n) is 4.55. The van der Waals surface area contributed by atoms with E-state index in [9.17, 15) is 18.5 Å². The number of hydrogen-bond donors (Lipinski definition) is 0. The largest absolute Gasteiger partial charge is 0.497 e. The van der Waals surface area contributed by atoms with Crippen LogP contribution in [-0.4, -0.2) is 28.1 Å². The van der Waals surface area contributed by atoms with Crippen molar-refractivity contribution in [2.24, 2.45) is 0 Å². The molecule has 0 aliphatic carbocycles. The Bertz CT molecular complexity index is 1310. The predicted molar refractivity (Wildman–Crippen MR) is 123 cm³/mol. The molecule has 0 aromatic heterocycles. The molecule has 0 radical (unpaired) electrons. The smallest absolute Gasteiger partial charge is 0.343 e. The summed E-state index contributed by atoms with van der Waals surface area (Å²) in [6, 6.07) is 20.4. The number of allylic oxidation sites excluding steroid dienone is 1. The molecule has 0 saturated heterocycles. The first-order valence-electron chi connectivity index (χ1n) is 9.94. The molecule has 0 fully saturated rings. The Kier molecular flexibility index (Phi) is 7.49. The number of esters is 1. The number of hydrogen-bond acceptors (Lipinski definition) is 7. The lowest BCUT2D eigenvalue weighted by molar-refractivity contribution is 0.0728. The highest BCUT2D eigenvalue weighted by Gasteiger charge is 2.21. The van der Waals surface area contributed by atoms with Crippen molar-refractivity contribution in [2.45, 2.75) is 11.8 Å². The molecule has 0 N–H and O–H groups in total. The molecule has 0 atom stereocenters. The summed E-state index contributed by atoms with van der Waals surface area (Å²) < 4.78 is 41.7. The average Bonchev–Trinajstić information content (AvgIpc) is 2.84. The fourth-order valence-corrected chi connectivity index (χ4v) is 4.08. The molecule has 0 aliphatic rings. The molecular weight excluding hydrogens is 442 g/mol. The van der Waals surface area contributed by atoms with Gasteiger partial charge < -0.3 is 14.2 Å². The van der Waals surface area contributed by atoms with Gasteiger partial charge in [-0.1, -0.05) is 24.3 Å². The van der Waals surface area contributed by atoms with Gasteiger partial charge in [-0.05, 0) is 67.1 Å². The van der Waals surface area contributed by atoms with Gasteiger partial charge in [0.25, 0.3) is 0 Å². The zero-order valence-corrected chi connectivity index (χ0v) is 18.8. The van der Waals surface area contributed by atoms with E-state index in [4.69, 9.17) is 14.2 Å². The number of methoxy groups -OCH3 is 1. The summed E-state index contributed by atoms with van der Waals surface area (Å²) in [6.45, 7) is 2.05. The van der Waals surface area contributed by atoms with Gasteiger partial charge in [0.15, 0.2) is 11.5 Å². The van der Waals surface area contributed by atoms with E-state index in [1.165, 1.54) is 43.5 Å². The summed E-state index contributed by atoms with van der Waals surface area (Å²) in [6.07, 6.45) is 1.25. The van der Waals surface area contributed by atoms with Gasteiger partial charge in [0, 0.05) is 0 Å². The molecule has 3 aromatic carbocycles. The number of carbonyl (C=O) groups excluding carboxylic acids is 1. The van der Waals surface area contributed by atoms with Gasteiger partial charge in [0.2, 0.25) is 9.84 Å². The number of benzene rings is 3. The van der Waals surface area contributed by atoms with Gasteiger partial charge in [0.05, 0.1) is 24.2 Å². The highest BCUT2D eigenvalue weighted by Crippen LogP contribution is 2.31. The molecular formula is C25H21NO6S. The van der Waals surface area contributed by atoms with E-state index in [1.807, 2.05) is 0 Å². The number of nitrogens with zero attached hydrogens (tertiary/aromatic N) is 1. The predicted octanol–water partition coefficient (Wildman–Crippen LogP) is 4.65. The maximum atomic E-state index is 12.8. The van der Waals surface area contributed by atoms with E-state index in [2.05, 4.69) is 0 Å². The maximum absolute atomic E-state index is 12.8. The number of ether oxygens (including phenoxy) is 3. The quantitative estimate of drug-likeness (QED) is 0.272. The minimum absolute atomic E-state index is 0.0212. The summed E-state index contributed by atoms with van der Waals surface area (Å²) in [4.78, 5) is 12.1. The summed E-state index contributed by atoms with van der Waals surface area (Å²) in [5, 5.41) is 9.49. The molecule has 0 heterocycles. The summed E-state index contributed by atoms with van der Waals surface area (Å²) in [5.41, 5.74) is 0.724. The number of sulfone groups is 1. The Morgan fingerprint density at radius 2 is 1.70 bits per heavy atom. The van der Waals surface area contributed by atoms with Crippen LogP contribution >= 0.6 is 0 Å². The number of rotatable bonds is 8. The van der Waals surface area contributed by atoms with Crippen molar-refractivity contribution in [3.63, 3.8) is 0 Å². The van der Waals surface area contributed by atoms with Crippen molar-refractivity contribution in [3.05, 3.63) is 88.8 Å². The van der Waals surface area contributed by atoms with E-state index < -0.39 is 20.7 Å². The zero-order valence-electron chi connectivity index (χ0n) is 18.0. The van der Waals surface area contributed by atoms with Crippen molar-refractivity contribution in [1.29, 1.82) is 5.26 Å². The van der Waals surface area contributed by atoms with Crippen LogP contribution in [0.15, 0.2) is 82.6 Å². The standard InChI is InChI=1S/C25H21NO6S/c1-3-31-24-16-18(15-22(17-26)33(28,29)21-7-5-4-6-8-21)9-14-23(24)32-25(27)19-10-12-20(30-2)13-11-19/h4-16H,3H2,1-2H3/b22-15-. The lowest BCUT2D eigenvalue weighted by Gasteiger charge is -2.12. The lowest BCUT2D eigenvalue weighted by atomic mass is 10.2. The fourth-order valence-electron chi connectivity index (χ4n) is 2.90. The monoisotopic (exact) mass is 463 g/mol. The number of carbonyl (C=O) groups is 1. The van der Waals surface area contributed by atoms with Crippen LogP contribution in [0.1, 0.15) is 22.8 Å². The van der Waals surface area contributed by atoms with Crippen LogP contribution in [0.4, 0.5) is 0 Å². The van der Waals surface area contributed by atoms with Gasteiger partial charge in [-0.2, -0.15) is 5.26 Å². The Morgan fingerprint density at radius 3 is 2.30 bits per heavy atom. The topological polar surface area (TPSA) is 103 Å². The first-order valence-corrected chi connectivity index (χ1v) is 11.4. The maximum Gasteiger partial charge on any atom is 0.343 e. The second-order valence-corrected chi connectivity index (χ2v) is 8.61. The van der Waals surface area contributed by atoms with Crippen molar-refractivity contribution in [3.8, 4) is 23.3 Å². The fraction of sp³-hybridized carbons (Fsp3) is 0.120. The van der Waals surface area contributed by atoms with Crippen molar-refractivity contribution < 1.29 is 27.4 Å². The van der Waals surface area contributed by atoms with Crippen molar-refractivity contribution >= 4 is 21.9 Å². The molecule has 3 rings (SSSR count). The molecule has 3 aromatic rings. The molecule has 0 amide bonds. The SMILES string of the molecule is CCOc1cc(/C=C(/C#N)S(=O)(=O)c2ccccc2)ccc1OC(=O)c1ccc(OC)cc1. The zero-order chi connectivity index (χ0) is 23.8. The van der Waals surface area contributed by atoms with E-state index in [0.29, 0.717) is 16.9 Å². The second kappa shape index (κ2) is 10.5. The minimum Gasteiger partial charge on any atom is -0.497 e. The third kappa shape index (κ3) is 5.59. The van der Waals surface area contributed by atoms with Crippen LogP contribution in [-0.2, 0) is 9.84 Å². The van der Waals surface area contributed by atoms with Gasteiger partial charge in [-0.3, -0.25) is 0 Å². The van der Waals surface area contributed by atoms with E-state index >= 15 is 0 Å². The Balaban J connectivity index is 1.91. The van der Waals surface area contributed by atoms with Gasteiger partial charge in [0.1, 0.15) is 16.7 Å². The van der Waals surface area contributed by atoms with E-state index in [0.717, 1.165) is 0 Å². The third-order valence-corrected chi connectivity index (χ3v) is 6.23. The van der Waals surface area contributed by atoms with Crippen LogP contribution in [0.25, 0.3) is 6.08 Å². The van der Waals surface area contributed by atoms with Crippen LogP contribution in [0.5, 0.6) is 17.2 Å². The van der Waals surface area contributed by atoms with Gasteiger partial charge in [-0.15, -0.1) is 0 Å². The molecule has 168 valence electrons. The van der Waals surface area contributed by atoms with Gasteiger partial charge in [-0.25, -0.2) is 13.2 Å². The molecule has 33 heavy (non-hydrogen) atoms. The summed E-state index contributed by atoms with van der Waals surface area (Å²) in [7, 11) is -2.45. The first-order chi connectivity index (χ1) is 15.9. The molecule has 0 unspecified atom stereocenters. The van der Waals surface area contributed by atoms with Crippen LogP contribution in [0.3, 0.4) is 0 Å². The Morgan fingerprint density at radius 1 is 1.00 bits per heavy atom. The molecule has 0 bridgehead atoms. The average molecular weight is 464 g/mol. The molecule has 0 saturated carbocycles. The second-order valence-electron chi connectivity index (χ2n) is 6.69. The van der Waals surface area contributed by atoms with Crippen molar-refractivity contribution in [1.82, 2.24) is 0 Å². The highest BCUT2D eigenvalue weighted by molar-refractivity contribution is 7.95. The summed E-state index contributed by atoms with van der Waals surface area (Å²) in [5.74, 6) is 0.421. The minimum atomic E-state index is -3.98. The Hall–Kier alpha value is -4.09. The molecule has 0 spiro atoms. The Labute approximate surface area is 192 Å². The first kappa shape index (κ1) is 23.6. The van der Waals surface area contributed by atoms with Crippen molar-refractivity contribution in [2.75, 3.05) is 13.7 Å².